The molecule has 3 aromatic carbocycles. The third kappa shape index (κ3) is 10.8. The number of fused-ring (bicyclic) bond motifs is 1. The van der Waals surface area contributed by atoms with Crippen molar-refractivity contribution in [3.63, 3.8) is 0 Å². The Hall–Kier alpha value is -6.06. The van der Waals surface area contributed by atoms with Crippen LogP contribution in [-0.2, 0) is 50.3 Å². The number of carbonyl (C=O) groups is 4. The first kappa shape index (κ1) is 46.4. The van der Waals surface area contributed by atoms with Crippen LogP contribution in [0.15, 0.2) is 123 Å². The van der Waals surface area contributed by atoms with Crippen LogP contribution in [0.3, 0.4) is 0 Å². The number of aliphatic carboxylic acids is 2. The van der Waals surface area contributed by atoms with Gasteiger partial charge in [-0.1, -0.05) is 86.0 Å². The second-order valence-electron chi connectivity index (χ2n) is 16.2. The lowest BCUT2D eigenvalue weighted by Crippen LogP contribution is -2.43. The maximum atomic E-state index is 12.6. The van der Waals surface area contributed by atoms with Gasteiger partial charge in [-0.2, -0.15) is 0 Å². The van der Waals surface area contributed by atoms with Crippen LogP contribution in [0, 0.1) is 35.5 Å². The first-order chi connectivity index (χ1) is 30.5. The molecule has 0 heterocycles. The number of allylic oxidation sites excluding steroid dienone is 4. The van der Waals surface area contributed by atoms with Crippen LogP contribution in [-0.4, -0.2) is 76.6 Å². The van der Waals surface area contributed by atoms with Crippen LogP contribution < -0.4 is 9.47 Å². The second-order valence-corrected chi connectivity index (χ2v) is 16.2. The highest BCUT2D eigenvalue weighted by molar-refractivity contribution is 5.81. The molecule has 3 aliphatic rings. The number of aryl methyl sites for hydroxylation is 1. The van der Waals surface area contributed by atoms with E-state index < -0.39 is 77.0 Å². The largest absolute Gasteiger partial charge is 0.493 e. The Bertz CT molecular complexity index is 2130. The number of carboxylic acids is 2. The van der Waals surface area contributed by atoms with E-state index >= 15 is 0 Å². The van der Waals surface area contributed by atoms with Crippen LogP contribution in [0.2, 0.25) is 0 Å². The van der Waals surface area contributed by atoms with Gasteiger partial charge in [0.05, 0.1) is 43.7 Å². The summed E-state index contributed by atoms with van der Waals surface area (Å²) >= 11 is 0. The first-order valence-corrected chi connectivity index (χ1v) is 21.0. The smallest absolute Gasteiger partial charge is 0.330 e. The molecule has 3 aliphatic carbocycles. The van der Waals surface area contributed by atoms with E-state index in [-0.39, 0.29) is 39.1 Å². The molecule has 9 unspecified atom stereocenters. The van der Waals surface area contributed by atoms with Gasteiger partial charge < -0.3 is 29.2 Å². The van der Waals surface area contributed by atoms with Gasteiger partial charge in [0.15, 0.2) is 0 Å². The zero-order chi connectivity index (χ0) is 44.9. The van der Waals surface area contributed by atoms with Gasteiger partial charge in [-0.15, -0.1) is 0 Å². The van der Waals surface area contributed by atoms with Crippen LogP contribution in [0.4, 0.5) is 0 Å². The SMILES string of the molecule is C=COC(=O)CC(COc1ccc(C2(c3ccc(OCC(COC(=O)C=C)C(OO)C4CC=CCC4C(=O)O)cc3)CCc3ccccc32)cc1)C(OO)C1CC=CCC1C(=O)O. The fourth-order valence-corrected chi connectivity index (χ4v) is 9.56. The Morgan fingerprint density at radius 3 is 1.70 bits per heavy atom. The summed E-state index contributed by atoms with van der Waals surface area (Å²) in [5.41, 5.74) is 3.79. The number of hydrogen-bond acceptors (Lipinski definition) is 12. The number of ether oxygens (including phenoxy) is 4. The Labute approximate surface area is 365 Å². The molecule has 0 amide bonds. The molecule has 0 saturated heterocycles. The van der Waals surface area contributed by atoms with Crippen molar-refractivity contribution in [3.8, 4) is 11.5 Å². The fraction of sp³-hybridized carbons (Fsp3) is 0.388. The molecule has 3 aromatic rings. The lowest BCUT2D eigenvalue weighted by molar-refractivity contribution is -0.309. The molecule has 9 atom stereocenters. The van der Waals surface area contributed by atoms with Gasteiger partial charge in [0.1, 0.15) is 30.3 Å². The molecule has 0 aliphatic heterocycles. The van der Waals surface area contributed by atoms with E-state index in [1.807, 2.05) is 72.8 Å². The first-order valence-electron chi connectivity index (χ1n) is 21.0. The van der Waals surface area contributed by atoms with Gasteiger partial charge in [-0.25, -0.2) is 14.6 Å². The van der Waals surface area contributed by atoms with Gasteiger partial charge in [-0.3, -0.25) is 24.9 Å². The summed E-state index contributed by atoms with van der Waals surface area (Å²) < 4.78 is 22.8. The van der Waals surface area contributed by atoms with E-state index in [4.69, 9.17) is 28.7 Å². The van der Waals surface area contributed by atoms with Crippen LogP contribution in [0.5, 0.6) is 11.5 Å². The second kappa shape index (κ2) is 21.8. The molecule has 0 aromatic heterocycles. The van der Waals surface area contributed by atoms with E-state index in [1.54, 1.807) is 12.2 Å². The van der Waals surface area contributed by atoms with Gasteiger partial charge in [-0.05, 0) is 85.0 Å². The fourth-order valence-electron chi connectivity index (χ4n) is 9.56. The van der Waals surface area contributed by atoms with Gasteiger partial charge in [0.2, 0.25) is 0 Å². The molecule has 0 spiro atoms. The Morgan fingerprint density at radius 2 is 1.19 bits per heavy atom. The Kier molecular flexibility index (Phi) is 16.1. The molecule has 63 heavy (non-hydrogen) atoms. The Balaban J connectivity index is 1.22. The zero-order valence-electron chi connectivity index (χ0n) is 34.9. The van der Waals surface area contributed by atoms with Crippen molar-refractivity contribution < 1.29 is 68.6 Å². The van der Waals surface area contributed by atoms with Crippen LogP contribution in [0.25, 0.3) is 0 Å². The monoisotopic (exact) mass is 866 g/mol. The van der Waals surface area contributed by atoms with Crippen molar-refractivity contribution in [2.45, 2.75) is 62.6 Å². The predicted octanol–water partition coefficient (Wildman–Crippen LogP) is 7.81. The van der Waals surface area contributed by atoms with Crippen molar-refractivity contribution in [1.82, 2.24) is 0 Å². The molecule has 0 fully saturated rings. The Morgan fingerprint density at radius 1 is 0.683 bits per heavy atom. The summed E-state index contributed by atoms with van der Waals surface area (Å²) in [6, 6.07) is 23.6. The van der Waals surface area contributed by atoms with Crippen molar-refractivity contribution in [2.75, 3.05) is 19.8 Å². The number of carbonyl (C=O) groups excluding carboxylic acids is 2. The van der Waals surface area contributed by atoms with Crippen molar-refractivity contribution in [3.05, 3.63) is 145 Å². The molecular formula is C49H54O14. The summed E-state index contributed by atoms with van der Waals surface area (Å²) in [6.45, 7) is 6.54. The van der Waals surface area contributed by atoms with E-state index in [2.05, 4.69) is 25.3 Å². The lowest BCUT2D eigenvalue weighted by Gasteiger charge is -2.35. The quantitative estimate of drug-likeness (QED) is 0.0190. The molecular weight excluding hydrogens is 813 g/mol. The van der Waals surface area contributed by atoms with Crippen LogP contribution >= 0.6 is 0 Å². The standard InChI is InChI=1S/C49H54O14/c1-3-43(50)61-30-33(46(63-57)39-13-7-9-15-41(39)48(54)55)29-60-37-23-19-35(20-24-37)49(26-25-31-11-5-10-16-42(31)49)34-17-21-36(22-18-34)59-28-32(27-44(51)58-4-2)45(62-56)38-12-6-8-14-40(38)47(52)53/h3-11,16-24,32-33,38-41,45-46,56-57H,1-2,12-15,25-30H2,(H,52,53)(H,54,55). The van der Waals surface area contributed by atoms with Gasteiger partial charge in [0.25, 0.3) is 0 Å². The third-order valence-corrected chi connectivity index (χ3v) is 12.7. The van der Waals surface area contributed by atoms with Crippen LogP contribution in [0.1, 0.15) is 60.8 Å². The van der Waals surface area contributed by atoms with E-state index in [9.17, 15) is 39.9 Å². The number of rotatable bonds is 22. The number of carboxylic acid groups (broad SMARTS) is 2. The minimum absolute atomic E-state index is 0.0592. The summed E-state index contributed by atoms with van der Waals surface area (Å²) in [6.07, 6.45) is 9.82. The van der Waals surface area contributed by atoms with E-state index in [0.717, 1.165) is 41.9 Å². The van der Waals surface area contributed by atoms with Crippen molar-refractivity contribution in [1.29, 1.82) is 0 Å². The maximum absolute atomic E-state index is 12.6. The molecule has 334 valence electrons. The zero-order valence-corrected chi connectivity index (χ0v) is 34.9. The highest BCUT2D eigenvalue weighted by Gasteiger charge is 2.44. The average molecular weight is 867 g/mol. The minimum Gasteiger partial charge on any atom is -0.493 e. The molecule has 14 nitrogen and oxygen atoms in total. The summed E-state index contributed by atoms with van der Waals surface area (Å²) in [5.74, 6) is -6.72. The lowest BCUT2D eigenvalue weighted by atomic mass is 9.70. The van der Waals surface area contributed by atoms with Crippen molar-refractivity contribution in [2.24, 2.45) is 35.5 Å². The topological polar surface area (TPSA) is 205 Å². The molecule has 4 N–H and O–H groups in total. The normalized spacial score (nSPS) is 23.3. The summed E-state index contributed by atoms with van der Waals surface area (Å²) in [5, 5.41) is 40.0. The number of hydrogen-bond donors (Lipinski definition) is 4. The highest BCUT2D eigenvalue weighted by atomic mass is 17.1. The van der Waals surface area contributed by atoms with E-state index in [1.165, 1.54) is 5.56 Å². The third-order valence-electron chi connectivity index (χ3n) is 12.7. The van der Waals surface area contributed by atoms with Gasteiger partial charge >= 0.3 is 23.9 Å². The molecule has 0 bridgehead atoms. The molecule has 0 radical (unpaired) electrons. The minimum atomic E-state index is -1.04. The summed E-state index contributed by atoms with van der Waals surface area (Å²) in [4.78, 5) is 58.8. The number of benzene rings is 3. The van der Waals surface area contributed by atoms with E-state index in [0.29, 0.717) is 24.3 Å². The molecule has 6 rings (SSSR count). The summed E-state index contributed by atoms with van der Waals surface area (Å²) in [7, 11) is 0. The maximum Gasteiger partial charge on any atom is 0.330 e. The highest BCUT2D eigenvalue weighted by Crippen LogP contribution is 2.49. The molecule has 0 saturated carbocycles. The van der Waals surface area contributed by atoms with Crippen molar-refractivity contribution >= 4 is 23.9 Å². The number of esters is 2. The van der Waals surface area contributed by atoms with Gasteiger partial charge in [0, 0.05) is 29.2 Å². The predicted molar refractivity (Wildman–Crippen MR) is 229 cm³/mol. The average Bonchev–Trinajstić information content (AvgIpc) is 3.70. The molecule has 14 heteroatoms.